The van der Waals surface area contributed by atoms with E-state index in [-0.39, 0.29) is 17.9 Å². The first-order chi connectivity index (χ1) is 9.84. The highest BCUT2D eigenvalue weighted by Gasteiger charge is 2.24. The second-order valence-electron chi connectivity index (χ2n) is 4.75. The molecule has 0 fully saturated rings. The highest BCUT2D eigenvalue weighted by atomic mass is 32.2. The van der Waals surface area contributed by atoms with Gasteiger partial charge >= 0.3 is 5.97 Å². The van der Waals surface area contributed by atoms with Gasteiger partial charge in [0, 0.05) is 25.2 Å². The molecule has 0 atom stereocenters. The molecule has 7 heteroatoms. The quantitative estimate of drug-likeness (QED) is 0.907. The van der Waals surface area contributed by atoms with Crippen molar-refractivity contribution >= 4 is 26.9 Å². The maximum atomic E-state index is 12.6. The van der Waals surface area contributed by atoms with Crippen molar-refractivity contribution in [1.82, 2.24) is 9.29 Å². The van der Waals surface area contributed by atoms with Gasteiger partial charge in [0.15, 0.2) is 0 Å². The van der Waals surface area contributed by atoms with Crippen LogP contribution in [-0.2, 0) is 14.8 Å². The van der Waals surface area contributed by atoms with E-state index in [1.165, 1.54) is 13.1 Å². The van der Waals surface area contributed by atoms with E-state index in [1.807, 2.05) is 6.92 Å². The number of carboxylic acids is 1. The summed E-state index contributed by atoms with van der Waals surface area (Å²) >= 11 is 0. The van der Waals surface area contributed by atoms with Crippen LogP contribution in [0.4, 0.5) is 0 Å². The van der Waals surface area contributed by atoms with Gasteiger partial charge in [0.25, 0.3) is 0 Å². The van der Waals surface area contributed by atoms with Crippen LogP contribution in [0.1, 0.15) is 12.0 Å². The maximum absolute atomic E-state index is 12.6. The summed E-state index contributed by atoms with van der Waals surface area (Å²) in [6.07, 6.45) is 1.37. The molecule has 0 amide bonds. The van der Waals surface area contributed by atoms with Crippen LogP contribution in [0.2, 0.25) is 0 Å². The average molecular weight is 308 g/mol. The third-order valence-electron chi connectivity index (χ3n) is 3.26. The smallest absolute Gasteiger partial charge is 0.304 e. The number of pyridine rings is 1. The van der Waals surface area contributed by atoms with Gasteiger partial charge in [0.2, 0.25) is 10.0 Å². The number of aromatic nitrogens is 1. The summed E-state index contributed by atoms with van der Waals surface area (Å²) in [5, 5.41) is 9.22. The number of rotatable bonds is 5. The third-order valence-corrected chi connectivity index (χ3v) is 5.18. The Labute approximate surface area is 123 Å². The molecule has 112 valence electrons. The zero-order chi connectivity index (χ0) is 15.6. The largest absolute Gasteiger partial charge is 0.481 e. The summed E-state index contributed by atoms with van der Waals surface area (Å²) in [5.74, 6) is -1.03. The van der Waals surface area contributed by atoms with E-state index in [1.54, 1.807) is 24.4 Å². The molecule has 0 saturated carbocycles. The molecule has 0 aliphatic rings. The summed E-state index contributed by atoms with van der Waals surface area (Å²) < 4.78 is 26.2. The molecule has 1 heterocycles. The number of carbonyl (C=O) groups is 1. The van der Waals surface area contributed by atoms with Crippen molar-refractivity contribution in [2.24, 2.45) is 0 Å². The lowest BCUT2D eigenvalue weighted by molar-refractivity contribution is -0.137. The van der Waals surface area contributed by atoms with Gasteiger partial charge in [-0.05, 0) is 30.7 Å². The number of carboxylic acid groups (broad SMARTS) is 1. The van der Waals surface area contributed by atoms with Crippen LogP contribution in [0.3, 0.4) is 0 Å². The first kappa shape index (κ1) is 15.4. The minimum Gasteiger partial charge on any atom is -0.481 e. The monoisotopic (exact) mass is 308 g/mol. The normalized spacial score (nSPS) is 12.0. The van der Waals surface area contributed by atoms with Crippen LogP contribution >= 0.6 is 0 Å². The number of benzene rings is 1. The van der Waals surface area contributed by atoms with Gasteiger partial charge in [-0.2, -0.15) is 0 Å². The Morgan fingerprint density at radius 1 is 1.33 bits per heavy atom. The lowest BCUT2D eigenvalue weighted by Crippen LogP contribution is -2.29. The second kappa shape index (κ2) is 5.79. The van der Waals surface area contributed by atoms with Crippen LogP contribution < -0.4 is 0 Å². The summed E-state index contributed by atoms with van der Waals surface area (Å²) in [6, 6.07) is 6.62. The predicted molar refractivity (Wildman–Crippen MR) is 78.5 cm³/mol. The van der Waals surface area contributed by atoms with Gasteiger partial charge in [0.05, 0.1) is 16.8 Å². The van der Waals surface area contributed by atoms with Gasteiger partial charge < -0.3 is 5.11 Å². The second-order valence-corrected chi connectivity index (χ2v) is 6.76. The van der Waals surface area contributed by atoms with Crippen molar-refractivity contribution in [2.45, 2.75) is 18.2 Å². The summed E-state index contributed by atoms with van der Waals surface area (Å²) in [7, 11) is -2.37. The molecule has 0 aliphatic carbocycles. The molecule has 6 nitrogen and oxygen atoms in total. The van der Waals surface area contributed by atoms with Crippen LogP contribution in [0.5, 0.6) is 0 Å². The molecule has 0 saturated heterocycles. The number of aliphatic carboxylic acids is 1. The summed E-state index contributed by atoms with van der Waals surface area (Å²) in [6.45, 7) is 1.78. The number of sulfonamides is 1. The van der Waals surface area contributed by atoms with E-state index in [4.69, 9.17) is 5.11 Å². The maximum Gasteiger partial charge on any atom is 0.304 e. The van der Waals surface area contributed by atoms with Crippen molar-refractivity contribution < 1.29 is 18.3 Å². The molecular formula is C14H16N2O4S. The fraction of sp³-hybridized carbons (Fsp3) is 0.286. The van der Waals surface area contributed by atoms with E-state index in [0.717, 1.165) is 9.87 Å². The molecule has 1 aromatic heterocycles. The number of fused-ring (bicyclic) bond motifs is 1. The minimum atomic E-state index is -3.75. The third kappa shape index (κ3) is 3.03. The number of hydrogen-bond acceptors (Lipinski definition) is 4. The fourth-order valence-corrected chi connectivity index (χ4v) is 3.40. The molecule has 0 spiro atoms. The summed E-state index contributed by atoms with van der Waals surface area (Å²) in [5.41, 5.74) is 1.52. The van der Waals surface area contributed by atoms with Crippen molar-refractivity contribution in [1.29, 1.82) is 0 Å². The van der Waals surface area contributed by atoms with Crippen molar-refractivity contribution in [3.8, 4) is 0 Å². The lowest BCUT2D eigenvalue weighted by atomic mass is 10.1. The Bertz CT molecular complexity index is 787. The van der Waals surface area contributed by atoms with E-state index in [2.05, 4.69) is 4.98 Å². The molecule has 0 aliphatic heterocycles. The Balaban J connectivity index is 2.50. The zero-order valence-corrected chi connectivity index (χ0v) is 12.6. The molecule has 1 N–H and O–H groups in total. The van der Waals surface area contributed by atoms with Gasteiger partial charge in [-0.3, -0.25) is 9.78 Å². The number of nitrogens with zero attached hydrogens (tertiary/aromatic N) is 2. The van der Waals surface area contributed by atoms with Crippen molar-refractivity contribution in [2.75, 3.05) is 13.6 Å². The van der Waals surface area contributed by atoms with Gasteiger partial charge in [-0.1, -0.05) is 6.07 Å². The molecular weight excluding hydrogens is 292 g/mol. The number of hydrogen-bond donors (Lipinski definition) is 1. The topological polar surface area (TPSA) is 87.6 Å². The molecule has 2 aromatic rings. The SMILES string of the molecule is Cc1ccc(S(=O)(=O)N(C)CCC(=O)O)c2cccnc12. The van der Waals surface area contributed by atoms with Crippen LogP contribution in [-0.4, -0.2) is 42.4 Å². The first-order valence-electron chi connectivity index (χ1n) is 6.36. The van der Waals surface area contributed by atoms with Crippen LogP contribution in [0.25, 0.3) is 10.9 Å². The summed E-state index contributed by atoms with van der Waals surface area (Å²) in [4.78, 5) is 14.9. The molecule has 1 aromatic carbocycles. The molecule has 0 bridgehead atoms. The zero-order valence-electron chi connectivity index (χ0n) is 11.8. The first-order valence-corrected chi connectivity index (χ1v) is 7.80. The average Bonchev–Trinajstić information content (AvgIpc) is 2.45. The van der Waals surface area contributed by atoms with E-state index in [0.29, 0.717) is 10.9 Å². The molecule has 0 radical (unpaired) electrons. The van der Waals surface area contributed by atoms with Crippen molar-refractivity contribution in [3.63, 3.8) is 0 Å². The van der Waals surface area contributed by atoms with Crippen LogP contribution in [0.15, 0.2) is 35.4 Å². The fourth-order valence-electron chi connectivity index (χ4n) is 2.05. The van der Waals surface area contributed by atoms with Gasteiger partial charge in [0.1, 0.15) is 0 Å². The Kier molecular flexibility index (Phi) is 4.24. The highest BCUT2D eigenvalue weighted by molar-refractivity contribution is 7.89. The van der Waals surface area contributed by atoms with Crippen LogP contribution in [0, 0.1) is 6.92 Å². The van der Waals surface area contributed by atoms with Gasteiger partial charge in [-0.15, -0.1) is 0 Å². The molecule has 2 rings (SSSR count). The van der Waals surface area contributed by atoms with Crippen molar-refractivity contribution in [3.05, 3.63) is 36.0 Å². The Morgan fingerprint density at radius 3 is 2.71 bits per heavy atom. The minimum absolute atomic E-state index is 0.0761. The van der Waals surface area contributed by atoms with E-state index >= 15 is 0 Å². The molecule has 21 heavy (non-hydrogen) atoms. The molecule has 0 unspecified atom stereocenters. The highest BCUT2D eigenvalue weighted by Crippen LogP contribution is 2.26. The Hall–Kier alpha value is -1.99. The lowest BCUT2D eigenvalue weighted by Gasteiger charge is -2.17. The van der Waals surface area contributed by atoms with E-state index in [9.17, 15) is 13.2 Å². The van der Waals surface area contributed by atoms with Gasteiger partial charge in [-0.25, -0.2) is 12.7 Å². The Morgan fingerprint density at radius 2 is 2.05 bits per heavy atom. The van der Waals surface area contributed by atoms with E-state index < -0.39 is 16.0 Å². The number of aryl methyl sites for hydroxylation is 1. The standard InChI is InChI=1S/C14H16N2O4S/c1-10-5-6-12(11-4-3-8-15-14(10)11)21(19,20)16(2)9-7-13(17)18/h3-6,8H,7,9H2,1-2H3,(H,17,18). The predicted octanol–water partition coefficient (Wildman–Crippen LogP) is 1.64.